The maximum absolute atomic E-state index is 13.2. The number of rotatable bonds is 3. The van der Waals surface area contributed by atoms with E-state index in [2.05, 4.69) is 15.6 Å². The van der Waals surface area contributed by atoms with Crippen molar-refractivity contribution in [2.75, 3.05) is 25.5 Å². The van der Waals surface area contributed by atoms with Gasteiger partial charge in [0.25, 0.3) is 5.91 Å². The molecule has 1 unspecified atom stereocenters. The molecule has 2 aliphatic rings. The Morgan fingerprint density at radius 2 is 2.00 bits per heavy atom. The predicted octanol–water partition coefficient (Wildman–Crippen LogP) is 2.81. The van der Waals surface area contributed by atoms with E-state index in [0.29, 0.717) is 59.9 Å². The summed E-state index contributed by atoms with van der Waals surface area (Å²) in [6.45, 7) is 2.33. The lowest BCUT2D eigenvalue weighted by atomic mass is 9.96. The molecule has 3 N–H and O–H groups in total. The summed E-state index contributed by atoms with van der Waals surface area (Å²) in [5, 5.41) is 17.5. The van der Waals surface area contributed by atoms with Crippen LogP contribution in [-0.4, -0.2) is 52.7 Å². The van der Waals surface area contributed by atoms with Crippen molar-refractivity contribution < 1.29 is 24.2 Å². The number of benzene rings is 2. The third-order valence-electron chi connectivity index (χ3n) is 6.31. The monoisotopic (exact) mass is 462 g/mol. The summed E-state index contributed by atoms with van der Waals surface area (Å²) in [5.41, 5.74) is 1.39. The number of ether oxygens (including phenoxy) is 2. The molecule has 34 heavy (non-hydrogen) atoms. The molecule has 2 amide bonds. The highest BCUT2D eigenvalue weighted by atomic mass is 16.5. The molecule has 5 rings (SSSR count). The molecule has 3 heterocycles. The van der Waals surface area contributed by atoms with Crippen LogP contribution in [0.15, 0.2) is 48.5 Å². The zero-order valence-corrected chi connectivity index (χ0v) is 19.0. The summed E-state index contributed by atoms with van der Waals surface area (Å²) in [5.74, 6) is 0.841. The Balaban J connectivity index is 1.30. The Labute approximate surface area is 196 Å². The third kappa shape index (κ3) is 4.04. The van der Waals surface area contributed by atoms with Gasteiger partial charge in [-0.15, -0.1) is 0 Å². The zero-order valence-electron chi connectivity index (χ0n) is 19.0. The van der Waals surface area contributed by atoms with Gasteiger partial charge in [-0.25, -0.2) is 4.98 Å². The molecule has 1 fully saturated rings. The van der Waals surface area contributed by atoms with Crippen LogP contribution in [0.25, 0.3) is 10.9 Å². The van der Waals surface area contributed by atoms with Gasteiger partial charge in [-0.1, -0.05) is 18.2 Å². The molecule has 0 bridgehead atoms. The highest BCUT2D eigenvalue weighted by molar-refractivity contribution is 5.96. The molecule has 1 spiro atoms. The Hall–Kier alpha value is -3.69. The molecule has 2 aliphatic heterocycles. The van der Waals surface area contributed by atoms with Crippen LogP contribution in [0.5, 0.6) is 11.5 Å². The van der Waals surface area contributed by atoms with E-state index < -0.39 is 12.0 Å². The highest BCUT2D eigenvalue weighted by Crippen LogP contribution is 2.39. The fraction of sp³-hybridized carbons (Fsp3) is 0.320. The van der Waals surface area contributed by atoms with Gasteiger partial charge in [-0.2, -0.15) is 0 Å². The van der Waals surface area contributed by atoms with Crippen molar-refractivity contribution in [1.29, 1.82) is 0 Å². The summed E-state index contributed by atoms with van der Waals surface area (Å²) in [7, 11) is 1.58. The number of nitrogens with zero attached hydrogens (tertiary/aromatic N) is 2. The van der Waals surface area contributed by atoms with Crippen LogP contribution < -0.4 is 20.1 Å². The lowest BCUT2D eigenvalue weighted by Crippen LogP contribution is -2.60. The fourth-order valence-electron chi connectivity index (χ4n) is 4.59. The molecule has 0 saturated carbocycles. The Bertz CT molecular complexity index is 1270. The number of amides is 2. The minimum Gasteiger partial charge on any atom is -0.494 e. The zero-order chi connectivity index (χ0) is 23.9. The first-order valence-corrected chi connectivity index (χ1v) is 11.2. The van der Waals surface area contributed by atoms with Crippen molar-refractivity contribution >= 4 is 28.4 Å². The number of pyridine rings is 1. The third-order valence-corrected chi connectivity index (χ3v) is 6.31. The van der Waals surface area contributed by atoms with E-state index in [9.17, 15) is 14.7 Å². The number of aliphatic hydroxyl groups excluding tert-OH is 1. The van der Waals surface area contributed by atoms with Crippen molar-refractivity contribution in [3.05, 3.63) is 59.8 Å². The lowest BCUT2D eigenvalue weighted by molar-refractivity contribution is -0.114. The summed E-state index contributed by atoms with van der Waals surface area (Å²) < 4.78 is 11.6. The lowest BCUT2D eigenvalue weighted by Gasteiger charge is -2.46. The topological polar surface area (TPSA) is 113 Å². The Morgan fingerprint density at radius 1 is 1.21 bits per heavy atom. The fourth-order valence-corrected chi connectivity index (χ4v) is 4.59. The van der Waals surface area contributed by atoms with Crippen LogP contribution in [0.1, 0.15) is 42.0 Å². The Morgan fingerprint density at radius 3 is 2.74 bits per heavy atom. The van der Waals surface area contributed by atoms with Crippen LogP contribution in [0.4, 0.5) is 5.69 Å². The molecule has 1 atom stereocenters. The van der Waals surface area contributed by atoms with E-state index in [1.165, 1.54) is 6.92 Å². The first-order valence-electron chi connectivity index (χ1n) is 11.2. The first kappa shape index (κ1) is 22.1. The predicted molar refractivity (Wildman–Crippen MR) is 126 cm³/mol. The van der Waals surface area contributed by atoms with E-state index in [1.54, 1.807) is 36.3 Å². The van der Waals surface area contributed by atoms with Crippen LogP contribution in [0.2, 0.25) is 0 Å². The molecular weight excluding hydrogens is 436 g/mol. The molecule has 9 nitrogen and oxygen atoms in total. The minimum atomic E-state index is -0.950. The van der Waals surface area contributed by atoms with Crippen LogP contribution >= 0.6 is 0 Å². The van der Waals surface area contributed by atoms with Gasteiger partial charge in [0.05, 0.1) is 7.11 Å². The quantitative estimate of drug-likeness (QED) is 0.549. The summed E-state index contributed by atoms with van der Waals surface area (Å²) >= 11 is 0. The van der Waals surface area contributed by atoms with Crippen molar-refractivity contribution in [3.8, 4) is 11.5 Å². The molecule has 1 aromatic heterocycles. The second kappa shape index (κ2) is 8.58. The molecule has 0 radical (unpaired) electrons. The van der Waals surface area contributed by atoms with E-state index in [4.69, 9.17) is 9.47 Å². The molecule has 9 heteroatoms. The van der Waals surface area contributed by atoms with Crippen molar-refractivity contribution in [3.63, 3.8) is 0 Å². The minimum absolute atomic E-state index is 0.153. The molecular formula is C25H26N4O5. The maximum atomic E-state index is 13.2. The summed E-state index contributed by atoms with van der Waals surface area (Å²) in [4.78, 5) is 30.8. The molecule has 3 aromatic rings. The van der Waals surface area contributed by atoms with Crippen LogP contribution in [0.3, 0.4) is 0 Å². The number of para-hydroxylation sites is 1. The van der Waals surface area contributed by atoms with Crippen molar-refractivity contribution in [2.24, 2.45) is 0 Å². The maximum Gasteiger partial charge on any atom is 0.272 e. The van der Waals surface area contributed by atoms with Gasteiger partial charge >= 0.3 is 0 Å². The summed E-state index contributed by atoms with van der Waals surface area (Å²) in [6.07, 6.45) is 0.0495. The molecule has 0 aliphatic carbocycles. The van der Waals surface area contributed by atoms with E-state index in [1.807, 2.05) is 24.3 Å². The van der Waals surface area contributed by atoms with Gasteiger partial charge in [-0.3, -0.25) is 14.9 Å². The number of aliphatic hydroxyl groups is 1. The number of methoxy groups -OCH3 is 1. The average molecular weight is 463 g/mol. The van der Waals surface area contributed by atoms with E-state index in [0.717, 1.165) is 5.39 Å². The summed E-state index contributed by atoms with van der Waals surface area (Å²) in [6, 6.07) is 14.4. The van der Waals surface area contributed by atoms with Gasteiger partial charge in [0.2, 0.25) is 5.91 Å². The molecule has 2 aromatic carbocycles. The number of nitrogens with one attached hydrogen (secondary N) is 2. The number of aromatic nitrogens is 1. The van der Waals surface area contributed by atoms with Crippen molar-refractivity contribution in [2.45, 2.75) is 31.7 Å². The number of carbonyl (C=O) groups excluding carboxylic acids is 2. The van der Waals surface area contributed by atoms with Gasteiger partial charge in [-0.05, 0) is 30.3 Å². The van der Waals surface area contributed by atoms with E-state index in [-0.39, 0.29) is 11.8 Å². The largest absolute Gasteiger partial charge is 0.494 e. The first-order chi connectivity index (χ1) is 16.4. The number of likely N-dealkylation sites (tertiary alicyclic amines) is 1. The second-order valence-electron chi connectivity index (χ2n) is 8.60. The van der Waals surface area contributed by atoms with Gasteiger partial charge in [0.1, 0.15) is 28.9 Å². The molecule has 1 saturated heterocycles. The standard InChI is InChI=1S/C25H26N4O5/c1-15(30)26-17-7-9-20-18(14-17)23(31)28-25(34-20)10-12-29(13-11-25)24(32)19-8-6-16-4-3-5-21(33-2)22(16)27-19/h3-9,14,23,28,31H,10-13H2,1-2H3,(H,26,30). The number of carbonyl (C=O) groups is 2. The Kier molecular flexibility index (Phi) is 5.59. The second-order valence-corrected chi connectivity index (χ2v) is 8.60. The smallest absolute Gasteiger partial charge is 0.272 e. The SMILES string of the molecule is COc1cccc2ccc(C(=O)N3CCC4(CC3)NC(O)c3cc(NC(C)=O)ccc3O4)nc12. The number of fused-ring (bicyclic) bond motifs is 2. The van der Waals surface area contributed by atoms with Gasteiger partial charge in [0.15, 0.2) is 5.72 Å². The van der Waals surface area contributed by atoms with Crippen LogP contribution in [-0.2, 0) is 4.79 Å². The number of piperidine rings is 1. The van der Waals surface area contributed by atoms with Gasteiger partial charge < -0.3 is 24.8 Å². The van der Waals surface area contributed by atoms with Gasteiger partial charge in [0, 0.05) is 49.5 Å². The van der Waals surface area contributed by atoms with E-state index >= 15 is 0 Å². The number of hydrogen-bond acceptors (Lipinski definition) is 7. The number of hydrogen-bond donors (Lipinski definition) is 3. The number of anilines is 1. The van der Waals surface area contributed by atoms with Crippen molar-refractivity contribution in [1.82, 2.24) is 15.2 Å². The van der Waals surface area contributed by atoms with Crippen LogP contribution in [0, 0.1) is 0 Å². The highest BCUT2D eigenvalue weighted by Gasteiger charge is 2.43. The molecule has 176 valence electrons. The normalized spacial score (nSPS) is 18.8. The average Bonchev–Trinajstić information content (AvgIpc) is 2.83.